The van der Waals surface area contributed by atoms with Crippen LogP contribution in [0.5, 0.6) is 0 Å². The number of nitrogens with one attached hydrogen (secondary N) is 2. The van der Waals surface area contributed by atoms with Crippen molar-refractivity contribution in [2.75, 3.05) is 11.9 Å². The van der Waals surface area contributed by atoms with Crippen molar-refractivity contribution in [2.45, 2.75) is 6.92 Å². The number of aromatic nitrogens is 1. The van der Waals surface area contributed by atoms with Crippen LogP contribution in [0.1, 0.15) is 27.8 Å². The highest BCUT2D eigenvalue weighted by atomic mass is 35.5. The number of ether oxygens (including phenoxy) is 1. The Bertz CT molecular complexity index is 948. The number of aromatic amines is 1. The summed E-state index contributed by atoms with van der Waals surface area (Å²) in [5.41, 5.74) is 1.11. The van der Waals surface area contributed by atoms with E-state index < -0.39 is 17.7 Å². The molecule has 1 amide bonds. The zero-order valence-corrected chi connectivity index (χ0v) is 14.0. The average molecular weight is 361 g/mol. The number of amides is 1. The molecule has 2 N–H and O–H groups in total. The highest BCUT2D eigenvalue weighted by Crippen LogP contribution is 2.29. The summed E-state index contributed by atoms with van der Waals surface area (Å²) in [5.74, 6) is -1.80. The Hall–Kier alpha value is -2.86. The molecule has 25 heavy (non-hydrogen) atoms. The van der Waals surface area contributed by atoms with Crippen molar-refractivity contribution in [1.82, 2.24) is 4.98 Å². The summed E-state index contributed by atoms with van der Waals surface area (Å²) < 4.78 is 18.5. The van der Waals surface area contributed by atoms with Gasteiger partial charge in [0.25, 0.3) is 5.91 Å². The highest BCUT2D eigenvalue weighted by molar-refractivity contribution is 6.31. The predicted octanol–water partition coefficient (Wildman–Crippen LogP) is 4.39. The van der Waals surface area contributed by atoms with Gasteiger partial charge in [0.2, 0.25) is 0 Å². The lowest BCUT2D eigenvalue weighted by Gasteiger charge is -2.08. The zero-order chi connectivity index (χ0) is 18.0. The van der Waals surface area contributed by atoms with E-state index in [1.165, 1.54) is 6.07 Å². The van der Waals surface area contributed by atoms with E-state index >= 15 is 0 Å². The molecule has 0 atom stereocenters. The van der Waals surface area contributed by atoms with Gasteiger partial charge in [-0.3, -0.25) is 4.79 Å². The van der Waals surface area contributed by atoms with Crippen molar-refractivity contribution in [2.24, 2.45) is 0 Å². The number of halogens is 2. The lowest BCUT2D eigenvalue weighted by atomic mass is 10.1. The molecule has 1 aromatic heterocycles. The van der Waals surface area contributed by atoms with Crippen molar-refractivity contribution in [1.29, 1.82) is 0 Å². The maximum absolute atomic E-state index is 13.5. The zero-order valence-electron chi connectivity index (χ0n) is 13.2. The number of rotatable bonds is 4. The van der Waals surface area contributed by atoms with Crippen LogP contribution >= 0.6 is 11.6 Å². The predicted molar refractivity (Wildman–Crippen MR) is 93.6 cm³/mol. The van der Waals surface area contributed by atoms with Gasteiger partial charge < -0.3 is 15.0 Å². The van der Waals surface area contributed by atoms with E-state index in [9.17, 15) is 14.0 Å². The van der Waals surface area contributed by atoms with E-state index in [2.05, 4.69) is 10.3 Å². The van der Waals surface area contributed by atoms with Crippen LogP contribution in [0.25, 0.3) is 10.9 Å². The summed E-state index contributed by atoms with van der Waals surface area (Å²) in [6.07, 6.45) is 0. The quantitative estimate of drug-likeness (QED) is 0.678. The number of benzene rings is 2. The molecular weight excluding hydrogens is 347 g/mol. The first-order valence-electron chi connectivity index (χ1n) is 7.55. The summed E-state index contributed by atoms with van der Waals surface area (Å²) in [6, 6.07) is 10.6. The minimum Gasteiger partial charge on any atom is -0.461 e. The third-order valence-electron chi connectivity index (χ3n) is 3.55. The number of hydrogen-bond donors (Lipinski definition) is 2. The molecule has 3 aromatic rings. The maximum atomic E-state index is 13.5. The van der Waals surface area contributed by atoms with Gasteiger partial charge in [-0.1, -0.05) is 29.8 Å². The van der Waals surface area contributed by atoms with Gasteiger partial charge in [0.05, 0.1) is 12.3 Å². The molecule has 0 saturated carbocycles. The van der Waals surface area contributed by atoms with Crippen molar-refractivity contribution in [3.05, 3.63) is 64.6 Å². The molecule has 0 bridgehead atoms. The molecular formula is C18H14ClFN2O3. The molecule has 128 valence electrons. The summed E-state index contributed by atoms with van der Waals surface area (Å²) in [4.78, 5) is 27.6. The number of esters is 1. The fourth-order valence-electron chi connectivity index (χ4n) is 2.50. The normalized spacial score (nSPS) is 10.7. The third-order valence-corrected chi connectivity index (χ3v) is 3.77. The molecule has 5 nitrogen and oxygen atoms in total. The first kappa shape index (κ1) is 17.0. The molecule has 0 spiro atoms. The summed E-state index contributed by atoms with van der Waals surface area (Å²) in [6.45, 7) is 1.88. The second-order valence-corrected chi connectivity index (χ2v) is 5.69. The van der Waals surface area contributed by atoms with Crippen molar-refractivity contribution >= 4 is 40.1 Å². The van der Waals surface area contributed by atoms with Gasteiger partial charge in [-0.25, -0.2) is 9.18 Å². The molecule has 2 aromatic carbocycles. The monoisotopic (exact) mass is 360 g/mol. The Morgan fingerprint density at radius 1 is 1.24 bits per heavy atom. The number of para-hydroxylation sites is 1. The highest BCUT2D eigenvalue weighted by Gasteiger charge is 2.21. The summed E-state index contributed by atoms with van der Waals surface area (Å²) in [5, 5.41) is 3.39. The lowest BCUT2D eigenvalue weighted by molar-refractivity contribution is 0.0522. The van der Waals surface area contributed by atoms with Crippen LogP contribution in [0, 0.1) is 5.82 Å². The van der Waals surface area contributed by atoms with E-state index in [0.29, 0.717) is 10.9 Å². The average Bonchev–Trinajstić information content (AvgIpc) is 2.93. The Morgan fingerprint density at radius 2 is 2.00 bits per heavy atom. The second-order valence-electron chi connectivity index (χ2n) is 5.25. The Kier molecular flexibility index (Phi) is 4.72. The maximum Gasteiger partial charge on any atom is 0.356 e. The first-order valence-corrected chi connectivity index (χ1v) is 7.92. The third kappa shape index (κ3) is 3.49. The number of hydrogen-bond acceptors (Lipinski definition) is 3. The van der Waals surface area contributed by atoms with E-state index in [4.69, 9.17) is 16.3 Å². The molecule has 1 heterocycles. The Balaban J connectivity index is 2.03. The molecule has 0 aliphatic heterocycles. The van der Waals surface area contributed by atoms with E-state index in [1.807, 2.05) is 0 Å². The van der Waals surface area contributed by atoms with Gasteiger partial charge in [0, 0.05) is 21.5 Å². The smallest absolute Gasteiger partial charge is 0.356 e. The van der Waals surface area contributed by atoms with Crippen LogP contribution in [-0.2, 0) is 4.74 Å². The number of carbonyl (C=O) groups excluding carboxylic acids is 2. The van der Waals surface area contributed by atoms with Crippen molar-refractivity contribution in [3.8, 4) is 0 Å². The molecule has 0 saturated heterocycles. The summed E-state index contributed by atoms with van der Waals surface area (Å²) >= 11 is 5.79. The number of fused-ring (bicyclic) bond motifs is 1. The van der Waals surface area contributed by atoms with Gasteiger partial charge in [0.15, 0.2) is 0 Å². The molecule has 0 aliphatic carbocycles. The van der Waals surface area contributed by atoms with E-state index in [0.717, 1.165) is 12.1 Å². The van der Waals surface area contributed by atoms with Gasteiger partial charge >= 0.3 is 5.97 Å². The van der Waals surface area contributed by atoms with Gasteiger partial charge in [0.1, 0.15) is 11.5 Å². The van der Waals surface area contributed by atoms with Crippen LogP contribution in [0.2, 0.25) is 5.02 Å². The number of H-pyrrole nitrogens is 1. The molecule has 0 radical (unpaired) electrons. The topological polar surface area (TPSA) is 71.2 Å². The standard InChI is InChI=1S/C18H14ClFN2O3/c1-2-25-18(24)16-15(13-5-3-4-6-14(13)21-16)22-17(23)10-7-11(19)9-12(20)8-10/h3-9,21H,2H2,1H3,(H,22,23). The molecule has 0 fully saturated rings. The summed E-state index contributed by atoms with van der Waals surface area (Å²) in [7, 11) is 0. The minimum atomic E-state index is -0.623. The Morgan fingerprint density at radius 3 is 2.72 bits per heavy atom. The molecule has 3 rings (SSSR count). The largest absolute Gasteiger partial charge is 0.461 e. The van der Waals surface area contributed by atoms with Crippen LogP contribution in [0.4, 0.5) is 10.1 Å². The van der Waals surface area contributed by atoms with Crippen molar-refractivity contribution < 1.29 is 18.7 Å². The van der Waals surface area contributed by atoms with E-state index in [1.54, 1.807) is 31.2 Å². The fourth-order valence-corrected chi connectivity index (χ4v) is 2.72. The second kappa shape index (κ2) is 6.94. The van der Waals surface area contributed by atoms with E-state index in [-0.39, 0.29) is 28.6 Å². The fraction of sp³-hybridized carbons (Fsp3) is 0.111. The van der Waals surface area contributed by atoms with Crippen LogP contribution in [0.3, 0.4) is 0 Å². The van der Waals surface area contributed by atoms with Gasteiger partial charge in [-0.05, 0) is 31.2 Å². The van der Waals surface area contributed by atoms with Crippen LogP contribution in [-0.4, -0.2) is 23.5 Å². The van der Waals surface area contributed by atoms with Crippen LogP contribution < -0.4 is 5.32 Å². The molecule has 0 aliphatic rings. The number of carbonyl (C=O) groups is 2. The molecule has 7 heteroatoms. The number of anilines is 1. The van der Waals surface area contributed by atoms with Gasteiger partial charge in [-0.2, -0.15) is 0 Å². The van der Waals surface area contributed by atoms with Gasteiger partial charge in [-0.15, -0.1) is 0 Å². The lowest BCUT2D eigenvalue weighted by Crippen LogP contribution is -2.15. The first-order chi connectivity index (χ1) is 12.0. The van der Waals surface area contributed by atoms with Crippen LogP contribution in [0.15, 0.2) is 42.5 Å². The molecule has 0 unspecified atom stereocenters. The Labute approximate surface area is 147 Å². The van der Waals surface area contributed by atoms with Crippen molar-refractivity contribution in [3.63, 3.8) is 0 Å². The SMILES string of the molecule is CCOC(=O)c1[nH]c2ccccc2c1NC(=O)c1cc(F)cc(Cl)c1. The minimum absolute atomic E-state index is 0.0464.